The van der Waals surface area contributed by atoms with Crippen molar-refractivity contribution in [1.82, 2.24) is 29.1 Å². The number of benzene rings is 7. The van der Waals surface area contributed by atoms with Gasteiger partial charge in [0, 0.05) is 60.7 Å². The third-order valence-electron chi connectivity index (χ3n) is 12.3. The first-order chi connectivity index (χ1) is 31.2. The van der Waals surface area contributed by atoms with Crippen LogP contribution in [0.3, 0.4) is 0 Å². The Labute approximate surface area is 365 Å². The fourth-order valence-electron chi connectivity index (χ4n) is 9.33. The quantitative estimate of drug-likeness (QED) is 0.168. The molecule has 13 rings (SSSR count). The molecule has 0 aliphatic heterocycles. The number of pyridine rings is 2. The normalized spacial score (nSPS) is 11.8. The minimum atomic E-state index is 0.638. The fraction of sp³-hybridized carbons (Fsp3) is 0. The number of fused-ring (bicyclic) bond motifs is 9. The van der Waals surface area contributed by atoms with Crippen molar-refractivity contribution in [2.45, 2.75) is 0 Å². The minimum absolute atomic E-state index is 0.638. The highest BCUT2D eigenvalue weighted by Gasteiger charge is 2.19. The van der Waals surface area contributed by atoms with Crippen LogP contribution in [-0.4, -0.2) is 29.1 Å². The van der Waals surface area contributed by atoms with Gasteiger partial charge in [-0.1, -0.05) is 115 Å². The maximum absolute atomic E-state index is 5.23. The van der Waals surface area contributed by atoms with E-state index in [0.29, 0.717) is 5.95 Å². The van der Waals surface area contributed by atoms with Crippen LogP contribution in [0.4, 0.5) is 0 Å². The highest BCUT2D eigenvalue weighted by Crippen LogP contribution is 2.40. The van der Waals surface area contributed by atoms with Gasteiger partial charge < -0.3 is 4.57 Å². The number of thiophene rings is 1. The Balaban J connectivity index is 0.938. The summed E-state index contributed by atoms with van der Waals surface area (Å²) in [6.07, 6.45) is 5.80. The lowest BCUT2D eigenvalue weighted by Crippen LogP contribution is -2.03. The molecular weight excluding hydrogens is 789 g/mol. The zero-order valence-electron chi connectivity index (χ0n) is 33.7. The molecule has 0 radical (unpaired) electrons. The summed E-state index contributed by atoms with van der Waals surface area (Å²) in [4.78, 5) is 20.0. The first kappa shape index (κ1) is 35.5. The Morgan fingerprint density at radius 2 is 0.921 bits per heavy atom. The summed E-state index contributed by atoms with van der Waals surface area (Å²) in [6, 6.07) is 66.7. The molecule has 0 fully saturated rings. The number of hydrogen-bond acceptors (Lipinski definition) is 5. The molecule has 0 unspecified atom stereocenters. The zero-order valence-corrected chi connectivity index (χ0v) is 34.5. The first-order valence-corrected chi connectivity index (χ1v) is 21.8. The highest BCUT2D eigenvalue weighted by molar-refractivity contribution is 7.25. The van der Waals surface area contributed by atoms with E-state index in [1.165, 1.54) is 25.6 Å². The van der Waals surface area contributed by atoms with E-state index in [-0.39, 0.29) is 0 Å². The molecule has 0 atom stereocenters. The molecule has 294 valence electrons. The van der Waals surface area contributed by atoms with E-state index in [1.807, 2.05) is 36.8 Å². The maximum Gasteiger partial charge on any atom is 0.235 e. The molecule has 0 amide bonds. The van der Waals surface area contributed by atoms with Gasteiger partial charge in [-0.05, 0) is 89.5 Å². The summed E-state index contributed by atoms with van der Waals surface area (Å²) >= 11 is 1.78. The van der Waals surface area contributed by atoms with Gasteiger partial charge in [0.15, 0.2) is 0 Å². The predicted molar refractivity (Wildman–Crippen MR) is 261 cm³/mol. The molecule has 0 saturated carbocycles. The molecule has 63 heavy (non-hydrogen) atoms. The van der Waals surface area contributed by atoms with Crippen molar-refractivity contribution in [2.24, 2.45) is 0 Å². The lowest BCUT2D eigenvalue weighted by atomic mass is 10.0. The Kier molecular flexibility index (Phi) is 7.98. The van der Waals surface area contributed by atoms with Gasteiger partial charge in [-0.3, -0.25) is 14.5 Å². The third kappa shape index (κ3) is 5.78. The van der Waals surface area contributed by atoms with Crippen LogP contribution >= 0.6 is 11.3 Å². The fourth-order valence-corrected chi connectivity index (χ4v) is 10.4. The van der Waals surface area contributed by atoms with Crippen molar-refractivity contribution in [3.8, 4) is 56.4 Å². The van der Waals surface area contributed by atoms with E-state index in [0.717, 1.165) is 88.8 Å². The Morgan fingerprint density at radius 1 is 0.365 bits per heavy atom. The summed E-state index contributed by atoms with van der Waals surface area (Å²) in [6.45, 7) is 0. The summed E-state index contributed by atoms with van der Waals surface area (Å²) < 4.78 is 6.99. The van der Waals surface area contributed by atoms with Gasteiger partial charge in [-0.25, -0.2) is 9.97 Å². The van der Waals surface area contributed by atoms with E-state index in [4.69, 9.17) is 19.9 Å². The van der Waals surface area contributed by atoms with E-state index in [1.54, 1.807) is 11.3 Å². The lowest BCUT2D eigenvalue weighted by Gasteiger charge is -2.12. The highest BCUT2D eigenvalue weighted by atomic mass is 32.1. The average Bonchev–Trinajstić information content (AvgIpc) is 4.01. The summed E-state index contributed by atoms with van der Waals surface area (Å²) in [7, 11) is 0. The SMILES string of the molecule is c1ccc(-c2cc(-c3ccccc3)nc(-n3c4ccccc4c4cc(-c5ccc6c(c5)c5ccccc5n6-c5cncc(-c6ccc7sc8cccnc8c7c6)c5)ccc43)n2)cc1. The smallest absolute Gasteiger partial charge is 0.235 e. The van der Waals surface area contributed by atoms with E-state index in [9.17, 15) is 0 Å². The second kappa shape index (κ2) is 14.2. The van der Waals surface area contributed by atoms with Gasteiger partial charge in [0.2, 0.25) is 5.95 Å². The third-order valence-corrected chi connectivity index (χ3v) is 13.4. The van der Waals surface area contributed by atoms with Crippen LogP contribution in [0.15, 0.2) is 207 Å². The molecule has 0 saturated heterocycles. The molecule has 7 heteroatoms. The molecular formula is C56H34N6S. The summed E-state index contributed by atoms with van der Waals surface area (Å²) in [5.74, 6) is 0.638. The molecule has 6 nitrogen and oxygen atoms in total. The van der Waals surface area contributed by atoms with Crippen molar-refractivity contribution < 1.29 is 0 Å². The van der Waals surface area contributed by atoms with Gasteiger partial charge in [0.25, 0.3) is 0 Å². The van der Waals surface area contributed by atoms with Crippen LogP contribution in [0.2, 0.25) is 0 Å². The number of para-hydroxylation sites is 2. The van der Waals surface area contributed by atoms with Crippen LogP contribution in [-0.2, 0) is 0 Å². The first-order valence-electron chi connectivity index (χ1n) is 21.0. The monoisotopic (exact) mass is 822 g/mol. The molecule has 6 heterocycles. The van der Waals surface area contributed by atoms with Crippen LogP contribution in [0.1, 0.15) is 0 Å². The Morgan fingerprint density at radius 3 is 1.60 bits per heavy atom. The van der Waals surface area contributed by atoms with Gasteiger partial charge in [-0.2, -0.15) is 0 Å². The summed E-state index contributed by atoms with van der Waals surface area (Å²) in [5.41, 5.74) is 14.8. The number of hydrogen-bond donors (Lipinski definition) is 0. The standard InChI is InChI=1S/C56H34N6S/c1-3-12-35(13-4-1)47-32-48(36-14-5-2-6-15-36)60-56(59-47)62-50-19-10-8-17-43(50)45-30-38(22-25-52(45)62)37-21-24-51-44(29-37)42-16-7-9-18-49(42)61(51)41-28-40(33-57-34-41)39-23-26-53-46(31-39)55-54(63-53)20-11-27-58-55/h1-34H. The van der Waals surface area contributed by atoms with Crippen molar-refractivity contribution in [3.63, 3.8) is 0 Å². The van der Waals surface area contributed by atoms with Gasteiger partial charge in [0.05, 0.1) is 55.6 Å². The van der Waals surface area contributed by atoms with Crippen molar-refractivity contribution in [3.05, 3.63) is 207 Å². The largest absolute Gasteiger partial charge is 0.308 e. The van der Waals surface area contributed by atoms with E-state index < -0.39 is 0 Å². The van der Waals surface area contributed by atoms with Crippen LogP contribution in [0.5, 0.6) is 0 Å². The molecule has 7 aromatic carbocycles. The number of rotatable bonds is 6. The van der Waals surface area contributed by atoms with Crippen LogP contribution in [0, 0.1) is 0 Å². The molecule has 0 aliphatic rings. The van der Waals surface area contributed by atoms with E-state index >= 15 is 0 Å². The molecule has 0 N–H and O–H groups in total. The zero-order chi connectivity index (χ0) is 41.4. The van der Waals surface area contributed by atoms with Crippen molar-refractivity contribution in [2.75, 3.05) is 0 Å². The van der Waals surface area contributed by atoms with Crippen LogP contribution in [0.25, 0.3) is 120 Å². The number of aromatic nitrogens is 6. The lowest BCUT2D eigenvalue weighted by molar-refractivity contribution is 0.995. The molecule has 0 bridgehead atoms. The molecule has 13 aromatic rings. The second-order valence-electron chi connectivity index (χ2n) is 15.9. The Bertz CT molecular complexity index is 3860. The van der Waals surface area contributed by atoms with Gasteiger partial charge in [0.1, 0.15) is 0 Å². The van der Waals surface area contributed by atoms with Gasteiger partial charge >= 0.3 is 0 Å². The molecule has 0 aliphatic carbocycles. The van der Waals surface area contributed by atoms with E-state index in [2.05, 4.69) is 179 Å². The molecule has 0 spiro atoms. The second-order valence-corrected chi connectivity index (χ2v) is 17.0. The molecule has 6 aromatic heterocycles. The van der Waals surface area contributed by atoms with Crippen molar-refractivity contribution in [1.29, 1.82) is 0 Å². The maximum atomic E-state index is 5.23. The topological polar surface area (TPSA) is 61.4 Å². The van der Waals surface area contributed by atoms with Crippen molar-refractivity contribution >= 4 is 75.3 Å². The van der Waals surface area contributed by atoms with Gasteiger partial charge in [-0.15, -0.1) is 11.3 Å². The Hall–Kier alpha value is -8.26. The average molecular weight is 823 g/mol. The minimum Gasteiger partial charge on any atom is -0.308 e. The van der Waals surface area contributed by atoms with Crippen LogP contribution < -0.4 is 0 Å². The number of nitrogens with zero attached hydrogens (tertiary/aromatic N) is 6. The summed E-state index contributed by atoms with van der Waals surface area (Å²) in [5, 5.41) is 5.85. The predicted octanol–water partition coefficient (Wildman–Crippen LogP) is 14.5.